The van der Waals surface area contributed by atoms with Gasteiger partial charge in [0, 0.05) is 16.6 Å². The molecule has 0 fully saturated rings. The molecule has 0 aliphatic heterocycles. The SMILES string of the molecule is CCOS(=O)(=O)CC1C=C(c2ccc3nc(-c4cccc(Cl)c4)n(CC(=O)NC(C)C)c(=O)c3c2)C1. The molecular weight excluding hydrogens is 502 g/mol. The number of hydrogen-bond donors (Lipinski definition) is 1. The fraction of sp³-hybridized carbons (Fsp3) is 0.346. The Hall–Kier alpha value is -3.01. The van der Waals surface area contributed by atoms with Crippen molar-refractivity contribution in [3.63, 3.8) is 0 Å². The molecule has 0 radical (unpaired) electrons. The van der Waals surface area contributed by atoms with Gasteiger partial charge in [0.1, 0.15) is 12.4 Å². The third-order valence-electron chi connectivity index (χ3n) is 5.79. The second kappa shape index (κ2) is 10.5. The number of carbonyl (C=O) groups excluding carboxylic acids is 1. The number of nitrogens with zero attached hydrogens (tertiary/aromatic N) is 2. The second-order valence-corrected chi connectivity index (χ2v) is 11.2. The van der Waals surface area contributed by atoms with Crippen molar-refractivity contribution in [3.8, 4) is 11.4 Å². The van der Waals surface area contributed by atoms with E-state index in [2.05, 4.69) is 5.32 Å². The van der Waals surface area contributed by atoms with Crippen LogP contribution in [0.3, 0.4) is 0 Å². The number of carbonyl (C=O) groups is 1. The first-order chi connectivity index (χ1) is 17.1. The molecule has 1 aromatic heterocycles. The average molecular weight is 530 g/mol. The van der Waals surface area contributed by atoms with Crippen molar-refractivity contribution >= 4 is 44.1 Å². The van der Waals surface area contributed by atoms with E-state index in [-0.39, 0.29) is 42.3 Å². The summed E-state index contributed by atoms with van der Waals surface area (Å²) in [5.74, 6) is -0.148. The van der Waals surface area contributed by atoms with Gasteiger partial charge in [0.25, 0.3) is 15.7 Å². The summed E-state index contributed by atoms with van der Waals surface area (Å²) < 4.78 is 30.0. The van der Waals surface area contributed by atoms with Gasteiger partial charge in [0.15, 0.2) is 0 Å². The van der Waals surface area contributed by atoms with E-state index < -0.39 is 10.1 Å². The molecule has 0 saturated heterocycles. The Labute approximate surface area is 215 Å². The molecule has 10 heteroatoms. The third kappa shape index (κ3) is 5.86. The minimum atomic E-state index is -3.55. The fourth-order valence-corrected chi connectivity index (χ4v) is 5.65. The van der Waals surface area contributed by atoms with E-state index >= 15 is 0 Å². The number of hydrogen-bond acceptors (Lipinski definition) is 6. The molecule has 8 nitrogen and oxygen atoms in total. The summed E-state index contributed by atoms with van der Waals surface area (Å²) >= 11 is 6.18. The van der Waals surface area contributed by atoms with E-state index in [1.807, 2.05) is 26.0 Å². The van der Waals surface area contributed by atoms with Crippen LogP contribution in [-0.4, -0.2) is 42.3 Å². The molecule has 1 aliphatic carbocycles. The van der Waals surface area contributed by atoms with E-state index in [4.69, 9.17) is 20.8 Å². The minimum absolute atomic E-state index is 0.0692. The van der Waals surface area contributed by atoms with Gasteiger partial charge in [-0.1, -0.05) is 35.9 Å². The number of nitrogens with one attached hydrogen (secondary N) is 1. The molecule has 2 aromatic carbocycles. The Balaban J connectivity index is 1.74. The normalized spacial score (nSPS) is 15.6. The Morgan fingerprint density at radius 1 is 1.22 bits per heavy atom. The molecule has 1 N–H and O–H groups in total. The molecule has 3 aromatic rings. The van der Waals surface area contributed by atoms with Crippen LogP contribution in [0.2, 0.25) is 5.02 Å². The topological polar surface area (TPSA) is 107 Å². The van der Waals surface area contributed by atoms with Gasteiger partial charge < -0.3 is 5.32 Å². The molecule has 1 amide bonds. The predicted molar refractivity (Wildman–Crippen MR) is 141 cm³/mol. The zero-order chi connectivity index (χ0) is 26.0. The quantitative estimate of drug-likeness (QED) is 0.420. The maximum absolute atomic E-state index is 13.6. The molecule has 4 rings (SSSR count). The number of aromatic nitrogens is 2. The van der Waals surface area contributed by atoms with Crippen LogP contribution in [-0.2, 0) is 25.6 Å². The average Bonchev–Trinajstić information content (AvgIpc) is 2.77. The van der Waals surface area contributed by atoms with E-state index in [0.29, 0.717) is 33.7 Å². The summed E-state index contributed by atoms with van der Waals surface area (Å²) in [7, 11) is -3.55. The van der Waals surface area contributed by atoms with Crippen LogP contribution in [0.15, 0.2) is 53.3 Å². The first-order valence-electron chi connectivity index (χ1n) is 11.7. The largest absolute Gasteiger partial charge is 0.352 e. The van der Waals surface area contributed by atoms with Crippen LogP contribution in [0.4, 0.5) is 0 Å². The zero-order valence-electron chi connectivity index (χ0n) is 20.3. The summed E-state index contributed by atoms with van der Waals surface area (Å²) in [4.78, 5) is 30.9. The fourth-order valence-electron chi connectivity index (χ4n) is 4.27. The summed E-state index contributed by atoms with van der Waals surface area (Å²) in [6, 6.07) is 12.3. The lowest BCUT2D eigenvalue weighted by Gasteiger charge is -2.25. The van der Waals surface area contributed by atoms with Crippen molar-refractivity contribution in [1.82, 2.24) is 14.9 Å². The lowest BCUT2D eigenvalue weighted by atomic mass is 9.83. The number of rotatable bonds is 9. The first kappa shape index (κ1) is 26.1. The first-order valence-corrected chi connectivity index (χ1v) is 13.7. The maximum Gasteiger partial charge on any atom is 0.267 e. The van der Waals surface area contributed by atoms with Gasteiger partial charge in [-0.25, -0.2) is 4.98 Å². The summed E-state index contributed by atoms with van der Waals surface area (Å²) in [6.45, 7) is 5.26. The minimum Gasteiger partial charge on any atom is -0.352 e. The molecular formula is C26H28ClN3O5S. The number of fused-ring (bicyclic) bond motifs is 1. The third-order valence-corrected chi connectivity index (χ3v) is 7.46. The molecule has 36 heavy (non-hydrogen) atoms. The van der Waals surface area contributed by atoms with Gasteiger partial charge in [0.05, 0.1) is 23.3 Å². The Bertz CT molecular complexity index is 1510. The van der Waals surface area contributed by atoms with Crippen LogP contribution < -0.4 is 10.9 Å². The monoisotopic (exact) mass is 529 g/mol. The number of allylic oxidation sites excluding steroid dienone is 2. The highest BCUT2D eigenvalue weighted by molar-refractivity contribution is 7.86. The van der Waals surface area contributed by atoms with Crippen molar-refractivity contribution in [2.75, 3.05) is 12.4 Å². The summed E-state index contributed by atoms with van der Waals surface area (Å²) in [6.07, 6.45) is 2.46. The number of halogens is 1. The van der Waals surface area contributed by atoms with Crippen molar-refractivity contribution in [2.24, 2.45) is 5.92 Å². The molecule has 1 unspecified atom stereocenters. The lowest BCUT2D eigenvalue weighted by Crippen LogP contribution is -2.37. The van der Waals surface area contributed by atoms with Gasteiger partial charge in [-0.15, -0.1) is 0 Å². The van der Waals surface area contributed by atoms with Gasteiger partial charge in [-0.2, -0.15) is 8.42 Å². The molecule has 1 heterocycles. The Morgan fingerprint density at radius 2 is 1.97 bits per heavy atom. The van der Waals surface area contributed by atoms with E-state index in [1.165, 1.54) is 4.57 Å². The molecule has 1 atom stereocenters. The van der Waals surface area contributed by atoms with Crippen LogP contribution in [0.25, 0.3) is 27.9 Å². The van der Waals surface area contributed by atoms with Crippen LogP contribution in [0, 0.1) is 5.92 Å². The lowest BCUT2D eigenvalue weighted by molar-refractivity contribution is -0.122. The van der Waals surface area contributed by atoms with Gasteiger partial charge >= 0.3 is 0 Å². The highest BCUT2D eigenvalue weighted by Crippen LogP contribution is 2.36. The van der Waals surface area contributed by atoms with E-state index in [1.54, 1.807) is 43.3 Å². The molecule has 0 spiro atoms. The maximum atomic E-state index is 13.6. The molecule has 1 aliphatic rings. The van der Waals surface area contributed by atoms with E-state index in [0.717, 1.165) is 11.1 Å². The van der Waals surface area contributed by atoms with Crippen LogP contribution in [0.1, 0.15) is 32.8 Å². The Kier molecular flexibility index (Phi) is 7.63. The van der Waals surface area contributed by atoms with Crippen molar-refractivity contribution in [3.05, 3.63) is 69.5 Å². The van der Waals surface area contributed by atoms with Crippen molar-refractivity contribution in [1.29, 1.82) is 0 Å². The van der Waals surface area contributed by atoms with Crippen LogP contribution >= 0.6 is 11.6 Å². The molecule has 190 valence electrons. The van der Waals surface area contributed by atoms with Gasteiger partial charge in [-0.05, 0) is 68.5 Å². The van der Waals surface area contributed by atoms with Gasteiger partial charge in [-0.3, -0.25) is 18.3 Å². The van der Waals surface area contributed by atoms with Gasteiger partial charge in [0.2, 0.25) is 5.91 Å². The highest BCUT2D eigenvalue weighted by Gasteiger charge is 2.27. The highest BCUT2D eigenvalue weighted by atomic mass is 35.5. The zero-order valence-corrected chi connectivity index (χ0v) is 21.9. The molecule has 0 saturated carbocycles. The van der Waals surface area contributed by atoms with Crippen molar-refractivity contribution < 1.29 is 17.4 Å². The predicted octanol–water partition coefficient (Wildman–Crippen LogP) is 4.01. The standard InChI is InChI=1S/C26H28ClN3O5S/c1-4-35-36(33,34)15-17-10-20(11-17)18-8-9-23-22(13-18)26(32)30(14-24(31)28-16(2)3)25(29-23)19-6-5-7-21(27)12-19/h5-10,12-13,16-17H,4,11,14-15H2,1-3H3,(H,28,31). The van der Waals surface area contributed by atoms with Crippen LogP contribution in [0.5, 0.6) is 0 Å². The Morgan fingerprint density at radius 3 is 2.64 bits per heavy atom. The summed E-state index contributed by atoms with van der Waals surface area (Å²) in [5.41, 5.74) is 2.56. The smallest absolute Gasteiger partial charge is 0.267 e. The summed E-state index contributed by atoms with van der Waals surface area (Å²) in [5, 5.41) is 3.69. The number of benzene rings is 2. The van der Waals surface area contributed by atoms with Crippen molar-refractivity contribution in [2.45, 2.75) is 39.8 Å². The molecule has 0 bridgehead atoms. The number of amides is 1. The second-order valence-electron chi connectivity index (χ2n) is 9.08. The van der Waals surface area contributed by atoms with E-state index in [9.17, 15) is 18.0 Å².